The summed E-state index contributed by atoms with van der Waals surface area (Å²) in [6.07, 6.45) is 5.64. The highest BCUT2D eigenvalue weighted by Gasteiger charge is 2.44. The lowest BCUT2D eigenvalue weighted by molar-refractivity contribution is 0.0345. The van der Waals surface area contributed by atoms with Gasteiger partial charge in [-0.05, 0) is 31.0 Å². The van der Waals surface area contributed by atoms with Crippen molar-refractivity contribution in [2.75, 3.05) is 7.11 Å². The Labute approximate surface area is 147 Å². The fourth-order valence-corrected chi connectivity index (χ4v) is 4.10. The molecule has 25 heavy (non-hydrogen) atoms. The van der Waals surface area contributed by atoms with Gasteiger partial charge in [-0.1, -0.05) is 18.2 Å². The van der Waals surface area contributed by atoms with E-state index in [1.807, 2.05) is 42.5 Å². The summed E-state index contributed by atoms with van der Waals surface area (Å²) >= 11 is 0. The van der Waals surface area contributed by atoms with E-state index in [2.05, 4.69) is 9.88 Å². The van der Waals surface area contributed by atoms with Crippen LogP contribution in [0, 0.1) is 0 Å². The molecule has 0 radical (unpaired) electrons. The fraction of sp³-hybridized carbons (Fsp3) is 0.400. The first-order chi connectivity index (χ1) is 12.3. The third kappa shape index (κ3) is 3.06. The summed E-state index contributed by atoms with van der Waals surface area (Å²) < 4.78 is 11.4. The molecule has 2 aliphatic rings. The van der Waals surface area contributed by atoms with Crippen LogP contribution >= 0.6 is 0 Å². The molecule has 0 saturated carbocycles. The Bertz CT molecular complexity index is 736. The highest BCUT2D eigenvalue weighted by molar-refractivity contribution is 5.97. The first-order valence-electron chi connectivity index (χ1n) is 8.79. The average Bonchev–Trinajstić information content (AvgIpc) is 2.92. The molecule has 2 atom stereocenters. The number of fused-ring (bicyclic) bond motifs is 2. The summed E-state index contributed by atoms with van der Waals surface area (Å²) in [6, 6.07) is 13.6. The monoisotopic (exact) mass is 338 g/mol. The lowest BCUT2D eigenvalue weighted by Gasteiger charge is -2.39. The molecule has 4 rings (SSSR count). The van der Waals surface area contributed by atoms with Gasteiger partial charge in [-0.25, -0.2) is 4.98 Å². The van der Waals surface area contributed by atoms with Crippen molar-refractivity contribution in [1.82, 2.24) is 9.88 Å². The molecular weight excluding hydrogens is 316 g/mol. The van der Waals surface area contributed by atoms with Crippen LogP contribution in [0.3, 0.4) is 0 Å². The molecule has 130 valence electrons. The molecule has 2 fully saturated rings. The van der Waals surface area contributed by atoms with Gasteiger partial charge >= 0.3 is 0 Å². The number of rotatable bonds is 4. The van der Waals surface area contributed by atoms with Gasteiger partial charge in [0, 0.05) is 37.2 Å². The van der Waals surface area contributed by atoms with Crippen LogP contribution < -0.4 is 9.47 Å². The van der Waals surface area contributed by atoms with Gasteiger partial charge < -0.3 is 14.4 Å². The third-order valence-electron chi connectivity index (χ3n) is 5.19. The van der Waals surface area contributed by atoms with E-state index in [1.54, 1.807) is 13.3 Å². The number of methoxy groups -OCH3 is 1. The fourth-order valence-electron chi connectivity index (χ4n) is 4.10. The lowest BCUT2D eigenvalue weighted by atomic mass is 9.98. The van der Waals surface area contributed by atoms with Gasteiger partial charge in [0.05, 0.1) is 12.7 Å². The van der Waals surface area contributed by atoms with Crippen molar-refractivity contribution in [3.05, 3.63) is 54.2 Å². The van der Waals surface area contributed by atoms with Crippen LogP contribution in [0.5, 0.6) is 11.6 Å². The molecule has 3 heterocycles. The molecule has 2 aromatic rings. The number of pyridine rings is 1. The zero-order valence-electron chi connectivity index (χ0n) is 14.3. The van der Waals surface area contributed by atoms with Gasteiger partial charge in [0.2, 0.25) is 5.88 Å². The maximum atomic E-state index is 13.1. The Morgan fingerprint density at radius 1 is 1.08 bits per heavy atom. The van der Waals surface area contributed by atoms with Crippen molar-refractivity contribution in [2.45, 2.75) is 43.9 Å². The first-order valence-corrected chi connectivity index (χ1v) is 8.79. The maximum absolute atomic E-state index is 13.1. The molecule has 5 nitrogen and oxygen atoms in total. The summed E-state index contributed by atoms with van der Waals surface area (Å²) in [5.41, 5.74) is 0.644. The number of nitrogens with zero attached hydrogens (tertiary/aromatic N) is 2. The Balaban J connectivity index is 1.50. The number of hydrogen-bond donors (Lipinski definition) is 0. The van der Waals surface area contributed by atoms with Gasteiger partial charge in [-0.2, -0.15) is 0 Å². The minimum absolute atomic E-state index is 0.0706. The van der Waals surface area contributed by atoms with Crippen LogP contribution in [-0.2, 0) is 0 Å². The van der Waals surface area contributed by atoms with E-state index >= 15 is 0 Å². The van der Waals surface area contributed by atoms with Crippen molar-refractivity contribution in [3.8, 4) is 11.6 Å². The van der Waals surface area contributed by atoms with Crippen LogP contribution in [0.15, 0.2) is 48.7 Å². The van der Waals surface area contributed by atoms with Crippen LogP contribution in [0.25, 0.3) is 0 Å². The number of aromatic nitrogens is 1. The normalized spacial score (nSPS) is 24.8. The smallest absolute Gasteiger partial charge is 0.258 e. The standard InChI is InChI=1S/C20H22N2O3/c1-24-18-7-3-2-6-17(18)20(23)22-14-9-10-15(22)13-16(12-14)25-19-8-4-5-11-21-19/h2-8,11,14-16H,9-10,12-13H2,1H3. The van der Waals surface area contributed by atoms with Crippen molar-refractivity contribution < 1.29 is 14.3 Å². The molecule has 2 unspecified atom stereocenters. The molecule has 2 saturated heterocycles. The van der Waals surface area contributed by atoms with Crippen LogP contribution in [-0.4, -0.2) is 41.1 Å². The maximum Gasteiger partial charge on any atom is 0.258 e. The molecule has 2 bridgehead atoms. The number of carbonyl (C=O) groups is 1. The Morgan fingerprint density at radius 3 is 2.48 bits per heavy atom. The van der Waals surface area contributed by atoms with Crippen molar-refractivity contribution >= 4 is 5.91 Å². The van der Waals surface area contributed by atoms with E-state index in [1.165, 1.54) is 0 Å². The molecule has 5 heteroatoms. The Hall–Kier alpha value is -2.56. The van der Waals surface area contributed by atoms with E-state index in [9.17, 15) is 4.79 Å². The predicted molar refractivity (Wildman–Crippen MR) is 93.9 cm³/mol. The second kappa shape index (κ2) is 6.75. The van der Waals surface area contributed by atoms with Gasteiger partial charge in [-0.15, -0.1) is 0 Å². The molecule has 2 aliphatic heterocycles. The topological polar surface area (TPSA) is 51.7 Å². The largest absolute Gasteiger partial charge is 0.496 e. The minimum atomic E-state index is 0.0706. The van der Waals surface area contributed by atoms with E-state index in [0.29, 0.717) is 17.2 Å². The van der Waals surface area contributed by atoms with Gasteiger partial charge in [0.25, 0.3) is 5.91 Å². The van der Waals surface area contributed by atoms with Crippen LogP contribution in [0.4, 0.5) is 0 Å². The number of para-hydroxylation sites is 1. The van der Waals surface area contributed by atoms with Crippen LogP contribution in [0.1, 0.15) is 36.0 Å². The lowest BCUT2D eigenvalue weighted by Crippen LogP contribution is -2.49. The van der Waals surface area contributed by atoms with E-state index in [-0.39, 0.29) is 24.1 Å². The highest BCUT2D eigenvalue weighted by atomic mass is 16.5. The molecular formula is C20H22N2O3. The number of amides is 1. The molecule has 1 amide bonds. The molecule has 0 aliphatic carbocycles. The van der Waals surface area contributed by atoms with Gasteiger partial charge in [0.15, 0.2) is 0 Å². The average molecular weight is 338 g/mol. The van der Waals surface area contributed by atoms with E-state index in [4.69, 9.17) is 9.47 Å². The molecule has 1 aromatic carbocycles. The summed E-state index contributed by atoms with van der Waals surface area (Å²) in [5, 5.41) is 0. The Kier molecular flexibility index (Phi) is 4.30. The van der Waals surface area contributed by atoms with Crippen molar-refractivity contribution in [3.63, 3.8) is 0 Å². The molecule has 1 aromatic heterocycles. The summed E-state index contributed by atoms with van der Waals surface area (Å²) in [6.45, 7) is 0. The predicted octanol–water partition coefficient (Wildman–Crippen LogP) is 3.30. The van der Waals surface area contributed by atoms with Crippen LogP contribution in [0.2, 0.25) is 0 Å². The summed E-state index contributed by atoms with van der Waals surface area (Å²) in [4.78, 5) is 19.4. The number of piperidine rings is 1. The zero-order valence-corrected chi connectivity index (χ0v) is 14.3. The van der Waals surface area contributed by atoms with Crippen molar-refractivity contribution in [2.24, 2.45) is 0 Å². The highest BCUT2D eigenvalue weighted by Crippen LogP contribution is 2.38. The second-order valence-electron chi connectivity index (χ2n) is 6.68. The minimum Gasteiger partial charge on any atom is -0.496 e. The van der Waals surface area contributed by atoms with Crippen molar-refractivity contribution in [1.29, 1.82) is 0 Å². The number of hydrogen-bond acceptors (Lipinski definition) is 4. The first kappa shape index (κ1) is 15.9. The van der Waals surface area contributed by atoms with E-state index < -0.39 is 0 Å². The molecule has 0 spiro atoms. The van der Waals surface area contributed by atoms with E-state index in [0.717, 1.165) is 25.7 Å². The number of ether oxygens (including phenoxy) is 2. The van der Waals surface area contributed by atoms with Gasteiger partial charge in [0.1, 0.15) is 11.9 Å². The summed E-state index contributed by atoms with van der Waals surface area (Å²) in [5.74, 6) is 1.37. The zero-order chi connectivity index (χ0) is 17.2. The third-order valence-corrected chi connectivity index (χ3v) is 5.19. The number of carbonyl (C=O) groups excluding carboxylic acids is 1. The SMILES string of the molecule is COc1ccccc1C(=O)N1C2CCC1CC(Oc1ccccn1)C2. The summed E-state index contributed by atoms with van der Waals surface area (Å²) in [7, 11) is 1.60. The second-order valence-corrected chi connectivity index (χ2v) is 6.68. The molecule has 0 N–H and O–H groups in total. The van der Waals surface area contributed by atoms with Gasteiger partial charge in [-0.3, -0.25) is 4.79 Å². The quantitative estimate of drug-likeness (QED) is 0.858. The Morgan fingerprint density at radius 2 is 1.80 bits per heavy atom. The number of benzene rings is 1.